The van der Waals surface area contributed by atoms with E-state index in [2.05, 4.69) is 15.7 Å². The summed E-state index contributed by atoms with van der Waals surface area (Å²) in [6, 6.07) is 2.25. The molecule has 0 bridgehead atoms. The quantitative estimate of drug-likeness (QED) is 0.737. The van der Waals surface area contributed by atoms with E-state index in [1.165, 1.54) is 0 Å². The predicted octanol–water partition coefficient (Wildman–Crippen LogP) is 0.484. The van der Waals surface area contributed by atoms with Crippen molar-refractivity contribution in [2.75, 3.05) is 24.6 Å². The van der Waals surface area contributed by atoms with Crippen LogP contribution < -0.4 is 10.6 Å². The van der Waals surface area contributed by atoms with Crippen molar-refractivity contribution in [2.45, 2.75) is 25.4 Å². The fourth-order valence-electron chi connectivity index (χ4n) is 1.95. The molecule has 6 heteroatoms. The van der Waals surface area contributed by atoms with Gasteiger partial charge in [-0.15, -0.1) is 0 Å². The molecule has 1 aliphatic heterocycles. The van der Waals surface area contributed by atoms with Crippen molar-refractivity contribution in [1.29, 1.82) is 0 Å². The van der Waals surface area contributed by atoms with Crippen molar-refractivity contribution >= 4 is 17.7 Å². The van der Waals surface area contributed by atoms with Crippen LogP contribution in [0.2, 0.25) is 0 Å². The number of aryl methyl sites for hydroxylation is 1. The Hall–Kier alpha value is -1.01. The minimum atomic E-state index is 0.149. The molecule has 0 aromatic carbocycles. The van der Waals surface area contributed by atoms with Crippen molar-refractivity contribution < 1.29 is 4.79 Å². The molecule has 2 heterocycles. The molecule has 0 aliphatic carbocycles. The molecule has 0 saturated carbocycles. The van der Waals surface area contributed by atoms with Crippen LogP contribution in [0.15, 0.2) is 18.5 Å². The average Bonchev–Trinajstić information content (AvgIpc) is 2.89. The van der Waals surface area contributed by atoms with E-state index in [0.29, 0.717) is 12.5 Å². The molecule has 2 N–H and O–H groups in total. The molecule has 1 aromatic rings. The number of rotatable bonds is 6. The fraction of sp³-hybridized carbons (Fsp3) is 0.667. The van der Waals surface area contributed by atoms with E-state index < -0.39 is 0 Å². The Morgan fingerprint density at radius 1 is 1.61 bits per heavy atom. The second-order valence-corrected chi connectivity index (χ2v) is 5.55. The highest BCUT2D eigenvalue weighted by Crippen LogP contribution is 2.09. The molecular weight excluding hydrogens is 248 g/mol. The van der Waals surface area contributed by atoms with Crippen LogP contribution >= 0.6 is 11.8 Å². The standard InChI is InChI=1S/C12H20N4OS/c17-12(9-11-10-18-8-5-13-11)14-3-1-6-16-7-2-4-15-16/h2,4,7,11,13H,1,3,5-6,8-10H2,(H,14,17). The van der Waals surface area contributed by atoms with E-state index in [0.717, 1.165) is 37.6 Å². The van der Waals surface area contributed by atoms with Crippen molar-refractivity contribution in [1.82, 2.24) is 20.4 Å². The zero-order valence-corrected chi connectivity index (χ0v) is 11.3. The van der Waals surface area contributed by atoms with Crippen molar-refractivity contribution in [3.63, 3.8) is 0 Å². The zero-order chi connectivity index (χ0) is 12.6. The number of thioether (sulfide) groups is 1. The summed E-state index contributed by atoms with van der Waals surface area (Å²) in [5, 5.41) is 10.4. The largest absolute Gasteiger partial charge is 0.356 e. The van der Waals surface area contributed by atoms with Gasteiger partial charge in [0.15, 0.2) is 0 Å². The third-order valence-electron chi connectivity index (χ3n) is 2.88. The number of carbonyl (C=O) groups excluding carboxylic acids is 1. The maximum atomic E-state index is 11.7. The third-order valence-corrected chi connectivity index (χ3v) is 4.01. The van der Waals surface area contributed by atoms with E-state index in [-0.39, 0.29) is 5.91 Å². The van der Waals surface area contributed by atoms with Gasteiger partial charge < -0.3 is 10.6 Å². The van der Waals surface area contributed by atoms with E-state index in [4.69, 9.17) is 0 Å². The summed E-state index contributed by atoms with van der Waals surface area (Å²) >= 11 is 1.92. The molecule has 18 heavy (non-hydrogen) atoms. The van der Waals surface area contributed by atoms with Gasteiger partial charge >= 0.3 is 0 Å². The Morgan fingerprint density at radius 3 is 3.28 bits per heavy atom. The first-order chi connectivity index (χ1) is 8.84. The highest BCUT2D eigenvalue weighted by atomic mass is 32.2. The first kappa shape index (κ1) is 13.4. The Kier molecular flexibility index (Phi) is 5.54. The second-order valence-electron chi connectivity index (χ2n) is 4.40. The molecule has 1 fully saturated rings. The fourth-order valence-corrected chi connectivity index (χ4v) is 2.90. The monoisotopic (exact) mass is 268 g/mol. The molecule has 2 rings (SSSR count). The first-order valence-corrected chi connectivity index (χ1v) is 7.55. The van der Waals surface area contributed by atoms with Gasteiger partial charge in [0, 0.05) is 56.0 Å². The van der Waals surface area contributed by atoms with Gasteiger partial charge in [0.2, 0.25) is 5.91 Å². The summed E-state index contributed by atoms with van der Waals surface area (Å²) in [4.78, 5) is 11.7. The van der Waals surface area contributed by atoms with Gasteiger partial charge in [-0.05, 0) is 12.5 Å². The summed E-state index contributed by atoms with van der Waals surface area (Å²) in [5.41, 5.74) is 0. The third kappa shape index (κ3) is 4.70. The minimum Gasteiger partial charge on any atom is -0.356 e. The molecule has 1 amide bonds. The summed E-state index contributed by atoms with van der Waals surface area (Å²) in [6.07, 6.45) is 5.21. The van der Waals surface area contributed by atoms with Crippen LogP contribution in [0, 0.1) is 0 Å². The summed E-state index contributed by atoms with van der Waals surface area (Å²) in [6.45, 7) is 2.59. The molecule has 100 valence electrons. The lowest BCUT2D eigenvalue weighted by Crippen LogP contribution is -2.41. The Bertz CT molecular complexity index is 349. The minimum absolute atomic E-state index is 0.149. The number of carbonyl (C=O) groups is 1. The highest BCUT2D eigenvalue weighted by molar-refractivity contribution is 7.99. The second kappa shape index (κ2) is 7.43. The van der Waals surface area contributed by atoms with Gasteiger partial charge in [-0.3, -0.25) is 9.48 Å². The first-order valence-electron chi connectivity index (χ1n) is 6.40. The summed E-state index contributed by atoms with van der Waals surface area (Å²) < 4.78 is 1.88. The molecule has 1 atom stereocenters. The Morgan fingerprint density at radius 2 is 2.56 bits per heavy atom. The van der Waals surface area contributed by atoms with E-state index >= 15 is 0 Å². The number of hydrogen-bond donors (Lipinski definition) is 2. The van der Waals surface area contributed by atoms with Gasteiger partial charge in [0.25, 0.3) is 0 Å². The van der Waals surface area contributed by atoms with Gasteiger partial charge in [-0.25, -0.2) is 0 Å². The highest BCUT2D eigenvalue weighted by Gasteiger charge is 2.16. The van der Waals surface area contributed by atoms with Crippen molar-refractivity contribution in [3.05, 3.63) is 18.5 Å². The predicted molar refractivity (Wildman–Crippen MR) is 73.6 cm³/mol. The lowest BCUT2D eigenvalue weighted by Gasteiger charge is -2.22. The smallest absolute Gasteiger partial charge is 0.221 e. The maximum Gasteiger partial charge on any atom is 0.221 e. The van der Waals surface area contributed by atoms with Crippen LogP contribution in [0.4, 0.5) is 0 Å². The summed E-state index contributed by atoms with van der Waals surface area (Å²) in [7, 11) is 0. The molecule has 5 nitrogen and oxygen atoms in total. The SMILES string of the molecule is O=C(CC1CSCCN1)NCCCn1cccn1. The van der Waals surface area contributed by atoms with Crippen LogP contribution in [0.25, 0.3) is 0 Å². The molecule has 0 spiro atoms. The van der Waals surface area contributed by atoms with Gasteiger partial charge in [0.05, 0.1) is 0 Å². The molecule has 1 unspecified atom stereocenters. The maximum absolute atomic E-state index is 11.7. The molecule has 1 aromatic heterocycles. The average molecular weight is 268 g/mol. The van der Waals surface area contributed by atoms with Crippen LogP contribution in [0.3, 0.4) is 0 Å². The van der Waals surface area contributed by atoms with Crippen molar-refractivity contribution in [3.8, 4) is 0 Å². The van der Waals surface area contributed by atoms with Crippen LogP contribution in [-0.4, -0.2) is 46.3 Å². The van der Waals surface area contributed by atoms with E-state index in [1.54, 1.807) is 6.20 Å². The van der Waals surface area contributed by atoms with Gasteiger partial charge in [-0.1, -0.05) is 0 Å². The number of hydrogen-bond acceptors (Lipinski definition) is 4. The number of amides is 1. The Labute approximate surface area is 112 Å². The van der Waals surface area contributed by atoms with E-state index in [9.17, 15) is 4.79 Å². The van der Waals surface area contributed by atoms with Crippen molar-refractivity contribution in [2.24, 2.45) is 0 Å². The molecule has 1 saturated heterocycles. The molecule has 0 radical (unpaired) electrons. The van der Waals surface area contributed by atoms with Crippen LogP contribution in [0.1, 0.15) is 12.8 Å². The number of aromatic nitrogens is 2. The number of nitrogens with one attached hydrogen (secondary N) is 2. The van der Waals surface area contributed by atoms with Crippen LogP contribution in [0.5, 0.6) is 0 Å². The van der Waals surface area contributed by atoms with E-state index in [1.807, 2.05) is 28.7 Å². The lowest BCUT2D eigenvalue weighted by atomic mass is 10.2. The zero-order valence-electron chi connectivity index (χ0n) is 10.5. The van der Waals surface area contributed by atoms with Gasteiger partial charge in [-0.2, -0.15) is 16.9 Å². The topological polar surface area (TPSA) is 59.0 Å². The molecule has 1 aliphatic rings. The summed E-state index contributed by atoms with van der Waals surface area (Å²) in [5.74, 6) is 2.35. The number of nitrogens with zero attached hydrogens (tertiary/aromatic N) is 2. The van der Waals surface area contributed by atoms with Gasteiger partial charge in [0.1, 0.15) is 0 Å². The van der Waals surface area contributed by atoms with Crippen LogP contribution in [-0.2, 0) is 11.3 Å². The normalized spacial score (nSPS) is 19.7. The molecular formula is C12H20N4OS. The Balaban J connectivity index is 1.54. The lowest BCUT2D eigenvalue weighted by molar-refractivity contribution is -0.121.